The van der Waals surface area contributed by atoms with Crippen LogP contribution in [0, 0.1) is 11.5 Å². The van der Waals surface area contributed by atoms with Crippen LogP contribution in [0.1, 0.15) is 11.1 Å². The zero-order valence-corrected chi connectivity index (χ0v) is 20.8. The highest BCUT2D eigenvalue weighted by molar-refractivity contribution is 6.83. The van der Waals surface area contributed by atoms with E-state index in [-0.39, 0.29) is 19.0 Å². The molecule has 0 radical (unpaired) electrons. The van der Waals surface area contributed by atoms with E-state index in [1.807, 2.05) is 72.6 Å². The van der Waals surface area contributed by atoms with Crippen molar-refractivity contribution in [3.05, 3.63) is 71.8 Å². The topological polar surface area (TPSA) is 49.9 Å². The third-order valence-corrected chi connectivity index (χ3v) is 5.88. The molecule has 1 atom stereocenters. The molecule has 0 aliphatic heterocycles. The molecule has 1 amide bonds. The second-order valence-corrected chi connectivity index (χ2v) is 13.7. The summed E-state index contributed by atoms with van der Waals surface area (Å²) in [5.41, 5.74) is 5.48. The number of methoxy groups -OCH3 is 1. The zero-order chi connectivity index (χ0) is 23.6. The van der Waals surface area contributed by atoms with Gasteiger partial charge in [-0.15, -0.1) is 5.54 Å². The summed E-state index contributed by atoms with van der Waals surface area (Å²) in [7, 11) is 1.69. The normalized spacial score (nSPS) is 11.9. The van der Waals surface area contributed by atoms with Gasteiger partial charge in [0.1, 0.15) is 14.6 Å². The van der Waals surface area contributed by atoms with Crippen molar-refractivity contribution in [2.75, 3.05) is 27.2 Å². The number of nitrogens with zero attached hydrogens (tertiary/aromatic N) is 2. The number of esters is 1. The Hall–Kier alpha value is -2.88. The van der Waals surface area contributed by atoms with Gasteiger partial charge >= 0.3 is 5.97 Å². The maximum absolute atomic E-state index is 13.7. The maximum Gasteiger partial charge on any atom is 0.325 e. The molecule has 0 aromatic heterocycles. The highest BCUT2D eigenvalue weighted by Crippen LogP contribution is 2.14. The second-order valence-electron chi connectivity index (χ2n) is 8.93. The standard InChI is InChI=1S/C26H34N2O3Si/c1-27(20-23-15-10-7-11-16-23)24(19-22-13-8-6-9-14-22)26(30)28(21-25(29)31-2)17-12-18-32(3,4)5/h6-11,13-16,24H,17,19-21H2,1-5H3. The predicted octanol–water partition coefficient (Wildman–Crippen LogP) is 3.61. The molecule has 1 unspecified atom stereocenters. The average Bonchev–Trinajstić information content (AvgIpc) is 2.76. The van der Waals surface area contributed by atoms with Crippen LogP contribution in [-0.4, -0.2) is 63.0 Å². The highest BCUT2D eigenvalue weighted by Gasteiger charge is 2.29. The van der Waals surface area contributed by atoms with Gasteiger partial charge < -0.3 is 9.64 Å². The van der Waals surface area contributed by atoms with Gasteiger partial charge in [-0.05, 0) is 24.6 Å². The molecule has 6 heteroatoms. The van der Waals surface area contributed by atoms with Gasteiger partial charge in [-0.1, -0.05) is 86.2 Å². The summed E-state index contributed by atoms with van der Waals surface area (Å²) in [6.07, 6.45) is 0.544. The first-order valence-corrected chi connectivity index (χ1v) is 14.3. The first kappa shape index (κ1) is 25.4. The molecule has 0 N–H and O–H groups in total. The Bertz CT molecular complexity index is 930. The minimum Gasteiger partial charge on any atom is -0.468 e. The molecule has 0 spiro atoms. The number of rotatable bonds is 9. The first-order valence-electron chi connectivity index (χ1n) is 10.8. The molecule has 5 nitrogen and oxygen atoms in total. The fourth-order valence-electron chi connectivity index (χ4n) is 3.29. The van der Waals surface area contributed by atoms with Crippen LogP contribution in [0.15, 0.2) is 60.7 Å². The van der Waals surface area contributed by atoms with Crippen LogP contribution in [-0.2, 0) is 27.3 Å². The Balaban J connectivity index is 2.31. The van der Waals surface area contributed by atoms with Gasteiger partial charge in [0.25, 0.3) is 0 Å². The second kappa shape index (κ2) is 12.2. The fraction of sp³-hybridized carbons (Fsp3) is 0.385. The lowest BCUT2D eigenvalue weighted by Gasteiger charge is -2.31. The smallest absolute Gasteiger partial charge is 0.325 e. The summed E-state index contributed by atoms with van der Waals surface area (Å²) < 4.78 is 4.85. The zero-order valence-electron chi connectivity index (χ0n) is 19.8. The Morgan fingerprint density at radius 2 is 1.53 bits per heavy atom. The van der Waals surface area contributed by atoms with Crippen LogP contribution in [0.4, 0.5) is 0 Å². The number of carbonyl (C=O) groups excluding carboxylic acids is 2. The minimum atomic E-state index is -1.59. The molecule has 170 valence electrons. The largest absolute Gasteiger partial charge is 0.468 e. The Morgan fingerprint density at radius 3 is 2.06 bits per heavy atom. The summed E-state index contributed by atoms with van der Waals surface area (Å²) in [4.78, 5) is 29.3. The molecule has 0 aliphatic carbocycles. The van der Waals surface area contributed by atoms with Gasteiger partial charge in [-0.3, -0.25) is 14.5 Å². The van der Waals surface area contributed by atoms with E-state index in [4.69, 9.17) is 4.74 Å². The van der Waals surface area contributed by atoms with Gasteiger partial charge in [-0.25, -0.2) is 0 Å². The molecule has 0 saturated carbocycles. The van der Waals surface area contributed by atoms with Gasteiger partial charge in [0.15, 0.2) is 0 Å². The summed E-state index contributed by atoms with van der Waals surface area (Å²) in [5, 5.41) is 0. The Labute approximate surface area is 193 Å². The highest BCUT2D eigenvalue weighted by atomic mass is 28.3. The quantitative estimate of drug-likeness (QED) is 0.333. The van der Waals surface area contributed by atoms with Crippen molar-refractivity contribution in [1.82, 2.24) is 9.80 Å². The summed E-state index contributed by atoms with van der Waals surface area (Å²) in [6, 6.07) is 19.6. The van der Waals surface area contributed by atoms with E-state index in [2.05, 4.69) is 31.1 Å². The molecule has 0 bridgehead atoms. The molecule has 2 aromatic rings. The molecule has 32 heavy (non-hydrogen) atoms. The van der Waals surface area contributed by atoms with Crippen molar-refractivity contribution < 1.29 is 14.3 Å². The number of amides is 1. The molecule has 2 aromatic carbocycles. The van der Waals surface area contributed by atoms with Crippen molar-refractivity contribution >= 4 is 20.0 Å². The first-order chi connectivity index (χ1) is 15.2. The fourth-order valence-corrected chi connectivity index (χ4v) is 3.90. The van der Waals surface area contributed by atoms with E-state index in [1.54, 1.807) is 0 Å². The number of benzene rings is 2. The number of hydrogen-bond donors (Lipinski definition) is 0. The van der Waals surface area contributed by atoms with Crippen LogP contribution in [0.3, 0.4) is 0 Å². The molecule has 0 fully saturated rings. The van der Waals surface area contributed by atoms with E-state index in [9.17, 15) is 9.59 Å². The lowest BCUT2D eigenvalue weighted by molar-refractivity contribution is -0.148. The number of carbonyl (C=O) groups is 2. The van der Waals surface area contributed by atoms with Crippen molar-refractivity contribution in [2.24, 2.45) is 0 Å². The summed E-state index contributed by atoms with van der Waals surface area (Å²) >= 11 is 0. The minimum absolute atomic E-state index is 0.111. The van der Waals surface area contributed by atoms with Crippen LogP contribution in [0.2, 0.25) is 19.6 Å². The van der Waals surface area contributed by atoms with Gasteiger partial charge in [-0.2, -0.15) is 0 Å². The van der Waals surface area contributed by atoms with Gasteiger partial charge in [0.2, 0.25) is 5.91 Å². The van der Waals surface area contributed by atoms with Crippen LogP contribution in [0.5, 0.6) is 0 Å². The van der Waals surface area contributed by atoms with Crippen LogP contribution < -0.4 is 0 Å². The van der Waals surface area contributed by atoms with Crippen molar-refractivity contribution in [3.8, 4) is 11.5 Å². The maximum atomic E-state index is 13.7. The van der Waals surface area contributed by atoms with E-state index in [1.165, 1.54) is 12.0 Å². The third kappa shape index (κ3) is 8.70. The van der Waals surface area contributed by atoms with Crippen LogP contribution >= 0.6 is 0 Å². The van der Waals surface area contributed by atoms with Crippen molar-refractivity contribution in [2.45, 2.75) is 38.6 Å². The third-order valence-electron chi connectivity index (χ3n) is 4.96. The average molecular weight is 451 g/mol. The van der Waals surface area contributed by atoms with Crippen molar-refractivity contribution in [3.63, 3.8) is 0 Å². The summed E-state index contributed by atoms with van der Waals surface area (Å²) in [6.45, 7) is 7.18. The molecule has 0 heterocycles. The molecule has 0 saturated heterocycles. The number of ether oxygens (including phenoxy) is 1. The van der Waals surface area contributed by atoms with E-state index < -0.39 is 20.1 Å². The van der Waals surface area contributed by atoms with Crippen molar-refractivity contribution in [1.29, 1.82) is 0 Å². The summed E-state index contributed by atoms with van der Waals surface area (Å²) in [5.74, 6) is 2.56. The Kier molecular flexibility index (Phi) is 9.70. The number of likely N-dealkylation sites (N-methyl/N-ethyl adjacent to an activating group) is 1. The van der Waals surface area contributed by atoms with Crippen LogP contribution in [0.25, 0.3) is 0 Å². The molecular formula is C26H34N2O3Si. The molecular weight excluding hydrogens is 416 g/mol. The molecule has 2 rings (SSSR count). The lowest BCUT2D eigenvalue weighted by Crippen LogP contribution is -2.50. The monoisotopic (exact) mass is 450 g/mol. The molecule has 0 aliphatic rings. The van der Waals surface area contributed by atoms with E-state index in [0.717, 1.165) is 11.1 Å². The number of hydrogen-bond acceptors (Lipinski definition) is 4. The van der Waals surface area contributed by atoms with Gasteiger partial charge in [0.05, 0.1) is 19.7 Å². The van der Waals surface area contributed by atoms with Gasteiger partial charge in [0, 0.05) is 6.54 Å². The van der Waals surface area contributed by atoms with E-state index in [0.29, 0.717) is 13.0 Å². The SMILES string of the molecule is COC(=O)CN(CC#C[Si](C)(C)C)C(=O)C(Cc1ccccc1)N(C)Cc1ccccc1. The lowest BCUT2D eigenvalue weighted by atomic mass is 10.0. The predicted molar refractivity (Wildman–Crippen MR) is 132 cm³/mol. The Morgan fingerprint density at radius 1 is 0.969 bits per heavy atom. The van der Waals surface area contributed by atoms with E-state index >= 15 is 0 Å².